The first-order chi connectivity index (χ1) is 8.78. The minimum absolute atomic E-state index is 0.112. The molecule has 1 heterocycles. The molecular weight excluding hydrogens is 252 g/mol. The number of carboxylic acids is 1. The molecule has 2 amide bonds. The number of piperazine rings is 1. The number of amides is 2. The third-order valence-corrected chi connectivity index (χ3v) is 2.92. The number of aliphatic hydroxyl groups is 1. The number of rotatable bonds is 5. The Kier molecular flexibility index (Phi) is 5.52. The maximum atomic E-state index is 11.6. The van der Waals surface area contributed by atoms with Crippen molar-refractivity contribution in [3.8, 4) is 0 Å². The summed E-state index contributed by atoms with van der Waals surface area (Å²) < 4.78 is 0. The lowest BCUT2D eigenvalue weighted by molar-refractivity contribution is -0.141. The molecule has 0 spiro atoms. The second-order valence-electron chi connectivity index (χ2n) is 5.15. The normalized spacial score (nSPS) is 20.6. The van der Waals surface area contributed by atoms with E-state index < -0.39 is 24.0 Å². The summed E-state index contributed by atoms with van der Waals surface area (Å²) in [6, 6.07) is -0.435. The summed E-state index contributed by atoms with van der Waals surface area (Å²) in [7, 11) is 2.01. The minimum atomic E-state index is -1.45. The zero-order chi connectivity index (χ0) is 14.5. The summed E-state index contributed by atoms with van der Waals surface area (Å²) in [5, 5.41) is 22.6. The van der Waals surface area contributed by atoms with Gasteiger partial charge in [-0.25, -0.2) is 9.80 Å². The molecule has 1 aliphatic heterocycles. The largest absolute Gasteiger partial charge is 0.481 e. The van der Waals surface area contributed by atoms with Crippen molar-refractivity contribution in [2.45, 2.75) is 18.9 Å². The van der Waals surface area contributed by atoms with Crippen LogP contribution < -0.4 is 10.7 Å². The number of carboxylic acid groups (broad SMARTS) is 1. The van der Waals surface area contributed by atoms with E-state index in [4.69, 9.17) is 5.11 Å². The predicted molar refractivity (Wildman–Crippen MR) is 68.5 cm³/mol. The van der Waals surface area contributed by atoms with Gasteiger partial charge in [0.15, 0.2) is 0 Å². The van der Waals surface area contributed by atoms with Gasteiger partial charge in [-0.15, -0.1) is 0 Å². The molecule has 0 aromatic carbocycles. The molecule has 8 nitrogen and oxygen atoms in total. The van der Waals surface area contributed by atoms with Gasteiger partial charge in [0, 0.05) is 32.7 Å². The molecule has 1 rings (SSSR count). The predicted octanol–water partition coefficient (Wildman–Crippen LogP) is -1.33. The second-order valence-corrected chi connectivity index (χ2v) is 5.15. The number of carbonyl (C=O) groups is 2. The van der Waals surface area contributed by atoms with Gasteiger partial charge in [0.05, 0.1) is 12.0 Å². The van der Waals surface area contributed by atoms with Crippen LogP contribution in [0.3, 0.4) is 0 Å². The summed E-state index contributed by atoms with van der Waals surface area (Å²) in [5.74, 6) is -1.11. The summed E-state index contributed by atoms with van der Waals surface area (Å²) in [6.45, 7) is 4.47. The third-order valence-electron chi connectivity index (χ3n) is 2.92. The van der Waals surface area contributed by atoms with Crippen LogP contribution in [0.4, 0.5) is 4.79 Å². The lowest BCUT2D eigenvalue weighted by atomic mass is 10.0. The van der Waals surface area contributed by atoms with E-state index in [1.54, 1.807) is 5.01 Å². The molecule has 0 aliphatic carbocycles. The molecule has 0 aromatic heterocycles. The number of nitrogens with one attached hydrogen (secondary N) is 2. The van der Waals surface area contributed by atoms with Crippen LogP contribution >= 0.6 is 0 Å². The van der Waals surface area contributed by atoms with Gasteiger partial charge in [-0.3, -0.25) is 10.2 Å². The van der Waals surface area contributed by atoms with Crippen molar-refractivity contribution in [1.82, 2.24) is 20.7 Å². The second kappa shape index (κ2) is 6.69. The zero-order valence-corrected chi connectivity index (χ0v) is 11.3. The van der Waals surface area contributed by atoms with Gasteiger partial charge in [0.25, 0.3) is 0 Å². The van der Waals surface area contributed by atoms with Gasteiger partial charge in [0.1, 0.15) is 0 Å². The van der Waals surface area contributed by atoms with Crippen LogP contribution in [0.1, 0.15) is 13.3 Å². The van der Waals surface area contributed by atoms with Gasteiger partial charge in [-0.2, -0.15) is 0 Å². The highest BCUT2D eigenvalue weighted by Crippen LogP contribution is 2.07. The fourth-order valence-corrected chi connectivity index (χ4v) is 1.76. The van der Waals surface area contributed by atoms with Gasteiger partial charge in [-0.1, -0.05) is 0 Å². The monoisotopic (exact) mass is 274 g/mol. The smallest absolute Gasteiger partial charge is 0.329 e. The van der Waals surface area contributed by atoms with Gasteiger partial charge in [0.2, 0.25) is 0 Å². The quantitative estimate of drug-likeness (QED) is 0.495. The van der Waals surface area contributed by atoms with E-state index in [0.717, 1.165) is 26.2 Å². The van der Waals surface area contributed by atoms with E-state index in [1.807, 2.05) is 7.05 Å². The molecule has 1 atom stereocenters. The summed E-state index contributed by atoms with van der Waals surface area (Å²) in [4.78, 5) is 24.3. The van der Waals surface area contributed by atoms with Crippen molar-refractivity contribution >= 4 is 12.0 Å². The number of likely N-dealkylation sites (N-methyl/N-ethyl adjacent to an activating group) is 1. The highest BCUT2D eigenvalue weighted by molar-refractivity contribution is 5.73. The number of nitrogens with zero attached hydrogens (tertiary/aromatic N) is 2. The topological polar surface area (TPSA) is 105 Å². The van der Waals surface area contributed by atoms with E-state index in [9.17, 15) is 14.7 Å². The van der Waals surface area contributed by atoms with Crippen molar-refractivity contribution in [2.24, 2.45) is 0 Å². The Labute approximate surface area is 112 Å². The zero-order valence-electron chi connectivity index (χ0n) is 11.3. The molecule has 8 heteroatoms. The molecule has 110 valence electrons. The summed E-state index contributed by atoms with van der Waals surface area (Å²) in [6.07, 6.45) is -0.415. The standard InChI is InChI=1S/C11H22N4O4/c1-11(19,7-9(16)17)8-12-10(18)13-15-5-3-14(2)4-6-15/h19H,3-8H2,1-2H3,(H,16,17)(H2,12,13,18). The van der Waals surface area contributed by atoms with Crippen LogP contribution in [0.15, 0.2) is 0 Å². The lowest BCUT2D eigenvalue weighted by Crippen LogP contribution is -2.56. The first-order valence-electron chi connectivity index (χ1n) is 6.21. The van der Waals surface area contributed by atoms with E-state index in [1.165, 1.54) is 6.92 Å². The highest BCUT2D eigenvalue weighted by atomic mass is 16.4. The Balaban J connectivity index is 2.26. The van der Waals surface area contributed by atoms with Crippen molar-refractivity contribution in [2.75, 3.05) is 39.8 Å². The number of urea groups is 1. The Hall–Kier alpha value is -1.38. The molecule has 0 bridgehead atoms. The molecule has 1 fully saturated rings. The Bertz CT molecular complexity index is 327. The number of hydrazine groups is 1. The average molecular weight is 274 g/mol. The Morgan fingerprint density at radius 2 is 1.84 bits per heavy atom. The highest BCUT2D eigenvalue weighted by Gasteiger charge is 2.25. The van der Waals surface area contributed by atoms with Crippen LogP contribution in [-0.4, -0.2) is 77.5 Å². The minimum Gasteiger partial charge on any atom is -0.481 e. The van der Waals surface area contributed by atoms with Gasteiger partial charge in [-0.05, 0) is 14.0 Å². The first kappa shape index (κ1) is 15.7. The number of hydrogen-bond donors (Lipinski definition) is 4. The average Bonchev–Trinajstić information content (AvgIpc) is 2.28. The Morgan fingerprint density at radius 3 is 2.37 bits per heavy atom. The molecule has 1 aliphatic rings. The van der Waals surface area contributed by atoms with E-state index in [0.29, 0.717) is 0 Å². The number of aliphatic carboxylic acids is 1. The Morgan fingerprint density at radius 1 is 1.26 bits per heavy atom. The van der Waals surface area contributed by atoms with E-state index in [2.05, 4.69) is 15.6 Å². The van der Waals surface area contributed by atoms with Crippen LogP contribution in [-0.2, 0) is 4.79 Å². The molecule has 19 heavy (non-hydrogen) atoms. The number of carbonyl (C=O) groups excluding carboxylic acids is 1. The molecule has 0 aromatic rings. The fourth-order valence-electron chi connectivity index (χ4n) is 1.76. The van der Waals surface area contributed by atoms with Crippen LogP contribution in [0.2, 0.25) is 0 Å². The van der Waals surface area contributed by atoms with Crippen LogP contribution in [0.5, 0.6) is 0 Å². The third kappa shape index (κ3) is 6.37. The molecule has 4 N–H and O–H groups in total. The lowest BCUT2D eigenvalue weighted by Gasteiger charge is -2.32. The maximum absolute atomic E-state index is 11.6. The molecule has 0 saturated carbocycles. The van der Waals surface area contributed by atoms with Crippen molar-refractivity contribution in [3.05, 3.63) is 0 Å². The summed E-state index contributed by atoms with van der Waals surface area (Å²) in [5.41, 5.74) is 1.21. The molecule has 1 unspecified atom stereocenters. The molecule has 0 radical (unpaired) electrons. The van der Waals surface area contributed by atoms with Crippen molar-refractivity contribution < 1.29 is 19.8 Å². The van der Waals surface area contributed by atoms with E-state index >= 15 is 0 Å². The van der Waals surface area contributed by atoms with E-state index in [-0.39, 0.29) is 6.54 Å². The SMILES string of the molecule is CN1CCN(NC(=O)NCC(C)(O)CC(=O)O)CC1. The molecular formula is C11H22N4O4. The van der Waals surface area contributed by atoms with Crippen LogP contribution in [0, 0.1) is 0 Å². The molecule has 1 saturated heterocycles. The van der Waals surface area contributed by atoms with Crippen molar-refractivity contribution in [1.29, 1.82) is 0 Å². The summed E-state index contributed by atoms with van der Waals surface area (Å²) >= 11 is 0. The fraction of sp³-hybridized carbons (Fsp3) is 0.818. The van der Waals surface area contributed by atoms with Gasteiger partial charge >= 0.3 is 12.0 Å². The maximum Gasteiger partial charge on any atom is 0.329 e. The van der Waals surface area contributed by atoms with Crippen LogP contribution in [0.25, 0.3) is 0 Å². The van der Waals surface area contributed by atoms with Crippen molar-refractivity contribution in [3.63, 3.8) is 0 Å². The number of hydrogen-bond acceptors (Lipinski definition) is 5. The van der Waals surface area contributed by atoms with Gasteiger partial charge < -0.3 is 20.4 Å². The first-order valence-corrected chi connectivity index (χ1v) is 6.21.